The Kier molecular flexibility index (Phi) is 5.62. The molecule has 7 heteroatoms. The van der Waals surface area contributed by atoms with Crippen molar-refractivity contribution in [3.8, 4) is 0 Å². The lowest BCUT2D eigenvalue weighted by atomic mass is 10.1. The summed E-state index contributed by atoms with van der Waals surface area (Å²) in [5.41, 5.74) is 0.839. The number of rotatable bonds is 6. The molecule has 0 unspecified atom stereocenters. The highest BCUT2D eigenvalue weighted by Gasteiger charge is 2.19. The molecule has 0 atom stereocenters. The minimum atomic E-state index is -0.527. The van der Waals surface area contributed by atoms with Crippen LogP contribution in [0.25, 0.3) is 0 Å². The number of esters is 1. The lowest BCUT2D eigenvalue weighted by molar-refractivity contribution is -0.384. The van der Waals surface area contributed by atoms with Crippen LogP contribution in [-0.2, 0) is 9.53 Å². The number of ether oxygens (including phenoxy) is 1. The number of anilines is 1. The summed E-state index contributed by atoms with van der Waals surface area (Å²) >= 11 is 0. The van der Waals surface area contributed by atoms with E-state index in [-0.39, 0.29) is 24.6 Å². The predicted octanol–water partition coefficient (Wildman–Crippen LogP) is 2.80. The van der Waals surface area contributed by atoms with E-state index in [0.717, 1.165) is 0 Å². The summed E-state index contributed by atoms with van der Waals surface area (Å²) in [7, 11) is 1.29. The summed E-state index contributed by atoms with van der Waals surface area (Å²) in [6.07, 6.45) is 0.0457. The van der Waals surface area contributed by atoms with E-state index in [4.69, 9.17) is 0 Å². The van der Waals surface area contributed by atoms with Gasteiger partial charge in [0.25, 0.3) is 11.6 Å². The maximum atomic E-state index is 12.7. The number of nitro groups is 1. The molecule has 0 heterocycles. The minimum absolute atomic E-state index is 0.0457. The Bertz CT molecular complexity index is 728. The van der Waals surface area contributed by atoms with E-state index in [1.165, 1.54) is 36.3 Å². The third-order valence-corrected chi connectivity index (χ3v) is 3.41. The molecule has 7 nitrogen and oxygen atoms in total. The lowest BCUT2D eigenvalue weighted by Gasteiger charge is -2.22. The molecule has 0 aliphatic carbocycles. The van der Waals surface area contributed by atoms with Crippen LogP contribution in [0.3, 0.4) is 0 Å². The monoisotopic (exact) mass is 328 g/mol. The van der Waals surface area contributed by atoms with Gasteiger partial charge in [0, 0.05) is 29.9 Å². The number of nitro benzene ring substituents is 1. The predicted molar refractivity (Wildman–Crippen MR) is 87.8 cm³/mol. The molecular weight excluding hydrogens is 312 g/mol. The Morgan fingerprint density at radius 2 is 1.71 bits per heavy atom. The van der Waals surface area contributed by atoms with Crippen molar-refractivity contribution in [2.45, 2.75) is 6.42 Å². The average molecular weight is 328 g/mol. The molecule has 0 aliphatic rings. The third kappa shape index (κ3) is 4.16. The Morgan fingerprint density at radius 3 is 2.25 bits per heavy atom. The second kappa shape index (κ2) is 7.87. The van der Waals surface area contributed by atoms with Gasteiger partial charge in [-0.05, 0) is 24.3 Å². The first-order valence-corrected chi connectivity index (χ1v) is 7.21. The molecule has 0 fully saturated rings. The summed E-state index contributed by atoms with van der Waals surface area (Å²) in [6, 6.07) is 14.2. The summed E-state index contributed by atoms with van der Waals surface area (Å²) in [5, 5.41) is 10.7. The number of nitrogens with zero attached hydrogens (tertiary/aromatic N) is 2. The van der Waals surface area contributed by atoms with Gasteiger partial charge in [-0.3, -0.25) is 19.7 Å². The molecule has 124 valence electrons. The van der Waals surface area contributed by atoms with Crippen molar-refractivity contribution in [3.63, 3.8) is 0 Å². The first-order valence-electron chi connectivity index (χ1n) is 7.21. The van der Waals surface area contributed by atoms with Gasteiger partial charge in [-0.1, -0.05) is 18.2 Å². The number of carbonyl (C=O) groups is 2. The first-order chi connectivity index (χ1) is 11.5. The Hall–Kier alpha value is -3.22. The van der Waals surface area contributed by atoms with Gasteiger partial charge in [-0.25, -0.2) is 0 Å². The van der Waals surface area contributed by atoms with Crippen LogP contribution in [0.5, 0.6) is 0 Å². The molecule has 0 N–H and O–H groups in total. The highest BCUT2D eigenvalue weighted by Crippen LogP contribution is 2.19. The molecule has 0 aliphatic heterocycles. The normalized spacial score (nSPS) is 10.0. The molecule has 2 aromatic carbocycles. The van der Waals surface area contributed by atoms with Crippen LogP contribution in [0, 0.1) is 10.1 Å². The highest BCUT2D eigenvalue weighted by atomic mass is 16.6. The third-order valence-electron chi connectivity index (χ3n) is 3.41. The Labute approximate surface area is 138 Å². The van der Waals surface area contributed by atoms with Gasteiger partial charge in [0.05, 0.1) is 18.5 Å². The van der Waals surface area contributed by atoms with E-state index in [2.05, 4.69) is 4.74 Å². The molecule has 24 heavy (non-hydrogen) atoms. The van der Waals surface area contributed by atoms with Crippen molar-refractivity contribution < 1.29 is 19.2 Å². The molecular formula is C17H16N2O5. The number of amides is 1. The number of methoxy groups -OCH3 is 1. The molecule has 0 bridgehead atoms. The number of para-hydroxylation sites is 1. The summed E-state index contributed by atoms with van der Waals surface area (Å²) < 4.78 is 4.61. The summed E-state index contributed by atoms with van der Waals surface area (Å²) in [6.45, 7) is 0.145. The van der Waals surface area contributed by atoms with Crippen LogP contribution in [0.4, 0.5) is 11.4 Å². The maximum absolute atomic E-state index is 12.7. The smallest absolute Gasteiger partial charge is 0.307 e. The lowest BCUT2D eigenvalue weighted by Crippen LogP contribution is -2.33. The van der Waals surface area contributed by atoms with Crippen molar-refractivity contribution in [2.75, 3.05) is 18.6 Å². The topological polar surface area (TPSA) is 89.8 Å². The first kappa shape index (κ1) is 17.1. The van der Waals surface area contributed by atoms with Crippen molar-refractivity contribution in [1.82, 2.24) is 0 Å². The maximum Gasteiger partial charge on any atom is 0.307 e. The van der Waals surface area contributed by atoms with Crippen molar-refractivity contribution in [3.05, 3.63) is 70.3 Å². The molecule has 0 saturated carbocycles. The van der Waals surface area contributed by atoms with Crippen LogP contribution in [0.15, 0.2) is 54.6 Å². The van der Waals surface area contributed by atoms with Gasteiger partial charge in [0.1, 0.15) is 0 Å². The number of carbonyl (C=O) groups excluding carboxylic acids is 2. The largest absolute Gasteiger partial charge is 0.469 e. The van der Waals surface area contributed by atoms with Crippen LogP contribution >= 0.6 is 0 Å². The van der Waals surface area contributed by atoms with E-state index in [1.807, 2.05) is 6.07 Å². The zero-order chi connectivity index (χ0) is 17.5. The summed E-state index contributed by atoms with van der Waals surface area (Å²) in [4.78, 5) is 35.7. The highest BCUT2D eigenvalue weighted by molar-refractivity contribution is 6.06. The zero-order valence-electron chi connectivity index (χ0n) is 13.0. The van der Waals surface area contributed by atoms with E-state index >= 15 is 0 Å². The molecule has 0 aromatic heterocycles. The van der Waals surface area contributed by atoms with Gasteiger partial charge in [-0.2, -0.15) is 0 Å². The molecule has 0 radical (unpaired) electrons. The van der Waals surface area contributed by atoms with Crippen molar-refractivity contribution in [2.24, 2.45) is 0 Å². The van der Waals surface area contributed by atoms with E-state index in [1.54, 1.807) is 24.3 Å². The van der Waals surface area contributed by atoms with E-state index in [0.29, 0.717) is 11.3 Å². The Morgan fingerprint density at radius 1 is 1.08 bits per heavy atom. The summed E-state index contributed by atoms with van der Waals surface area (Å²) in [5.74, 6) is -0.771. The van der Waals surface area contributed by atoms with E-state index in [9.17, 15) is 19.7 Å². The van der Waals surface area contributed by atoms with Crippen molar-refractivity contribution in [1.29, 1.82) is 0 Å². The van der Waals surface area contributed by atoms with Crippen molar-refractivity contribution >= 4 is 23.3 Å². The number of non-ortho nitro benzene ring substituents is 1. The van der Waals surface area contributed by atoms with Gasteiger partial charge in [0.15, 0.2) is 0 Å². The Balaban J connectivity index is 2.26. The molecule has 2 aromatic rings. The second-order valence-electron chi connectivity index (χ2n) is 4.92. The standard InChI is InChI=1S/C17H16N2O5/c1-24-16(20)11-12-18(14-5-3-2-4-6-14)17(21)13-7-9-15(10-8-13)19(22)23/h2-10H,11-12H2,1H3. The average Bonchev–Trinajstić information content (AvgIpc) is 2.62. The molecule has 2 rings (SSSR count). The SMILES string of the molecule is COC(=O)CCN(C(=O)c1ccc([N+](=O)[O-])cc1)c1ccccc1. The minimum Gasteiger partial charge on any atom is -0.469 e. The van der Waals surface area contributed by atoms with Crippen LogP contribution in [0.2, 0.25) is 0 Å². The molecule has 0 saturated heterocycles. The number of benzene rings is 2. The van der Waals surface area contributed by atoms with Crippen LogP contribution in [-0.4, -0.2) is 30.5 Å². The van der Waals surface area contributed by atoms with Gasteiger partial charge >= 0.3 is 5.97 Å². The molecule has 0 spiro atoms. The molecule has 1 amide bonds. The zero-order valence-corrected chi connectivity index (χ0v) is 13.0. The van der Waals surface area contributed by atoms with Gasteiger partial charge < -0.3 is 9.64 Å². The van der Waals surface area contributed by atoms with E-state index < -0.39 is 10.9 Å². The fourth-order valence-corrected chi connectivity index (χ4v) is 2.14. The fourth-order valence-electron chi connectivity index (χ4n) is 2.14. The van der Waals surface area contributed by atoms with Gasteiger partial charge in [-0.15, -0.1) is 0 Å². The van der Waals surface area contributed by atoms with Gasteiger partial charge in [0.2, 0.25) is 0 Å². The number of hydrogen-bond donors (Lipinski definition) is 0. The van der Waals surface area contributed by atoms with Crippen LogP contribution in [0.1, 0.15) is 16.8 Å². The number of hydrogen-bond acceptors (Lipinski definition) is 5. The fraction of sp³-hybridized carbons (Fsp3) is 0.176. The second-order valence-corrected chi connectivity index (χ2v) is 4.92. The van der Waals surface area contributed by atoms with Crippen LogP contribution < -0.4 is 4.90 Å². The quantitative estimate of drug-likeness (QED) is 0.462.